The van der Waals surface area contributed by atoms with E-state index in [1.165, 1.54) is 0 Å². The summed E-state index contributed by atoms with van der Waals surface area (Å²) in [6, 6.07) is 0. The van der Waals surface area contributed by atoms with Crippen LogP contribution in [-0.4, -0.2) is 36.2 Å². The zero-order valence-corrected chi connectivity index (χ0v) is 12.2. The van der Waals surface area contributed by atoms with Crippen LogP contribution in [0.15, 0.2) is 0 Å². The van der Waals surface area contributed by atoms with E-state index in [1.807, 2.05) is 25.7 Å². The number of amides is 1. The molecule has 1 heterocycles. The Labute approximate surface area is 111 Å². The average Bonchev–Trinajstić information content (AvgIpc) is 2.27. The zero-order chi connectivity index (χ0) is 13.8. The Hall–Kier alpha value is -0.770. The molecule has 0 saturated carbocycles. The summed E-state index contributed by atoms with van der Waals surface area (Å²) in [4.78, 5) is 13.9. The number of rotatable bonds is 3. The van der Waals surface area contributed by atoms with Gasteiger partial charge in [0, 0.05) is 13.1 Å². The Morgan fingerprint density at radius 1 is 1.39 bits per heavy atom. The molecular weight excluding hydrogens is 228 g/mol. The van der Waals surface area contributed by atoms with Crippen LogP contribution in [-0.2, 0) is 4.74 Å². The molecule has 0 bridgehead atoms. The maximum Gasteiger partial charge on any atom is 0.410 e. The van der Waals surface area contributed by atoms with Gasteiger partial charge in [-0.1, -0.05) is 13.3 Å². The number of likely N-dealkylation sites (tertiary alicyclic amines) is 1. The van der Waals surface area contributed by atoms with Crippen LogP contribution >= 0.6 is 0 Å². The van der Waals surface area contributed by atoms with E-state index in [0.717, 1.165) is 38.9 Å². The molecule has 0 spiro atoms. The molecule has 18 heavy (non-hydrogen) atoms. The molecule has 0 aromatic carbocycles. The van der Waals surface area contributed by atoms with Crippen molar-refractivity contribution in [3.63, 3.8) is 0 Å². The van der Waals surface area contributed by atoms with Crippen LogP contribution in [0, 0.1) is 11.8 Å². The van der Waals surface area contributed by atoms with Gasteiger partial charge in [-0.2, -0.15) is 0 Å². The predicted molar refractivity (Wildman–Crippen MR) is 73.4 cm³/mol. The summed E-state index contributed by atoms with van der Waals surface area (Å²) < 4.78 is 5.43. The van der Waals surface area contributed by atoms with Crippen molar-refractivity contribution in [1.29, 1.82) is 0 Å². The molecule has 2 N–H and O–H groups in total. The van der Waals surface area contributed by atoms with Gasteiger partial charge in [0.15, 0.2) is 0 Å². The molecule has 106 valence electrons. The first kappa shape index (κ1) is 15.3. The number of hydrogen-bond donors (Lipinski definition) is 1. The van der Waals surface area contributed by atoms with Crippen LogP contribution in [0.4, 0.5) is 4.79 Å². The molecule has 2 atom stereocenters. The van der Waals surface area contributed by atoms with Crippen molar-refractivity contribution in [2.75, 3.05) is 19.6 Å². The lowest BCUT2D eigenvalue weighted by Gasteiger charge is -2.38. The maximum atomic E-state index is 12.0. The van der Waals surface area contributed by atoms with Gasteiger partial charge in [-0.25, -0.2) is 4.79 Å². The van der Waals surface area contributed by atoms with Gasteiger partial charge in [-0.15, -0.1) is 0 Å². The second kappa shape index (κ2) is 6.41. The summed E-state index contributed by atoms with van der Waals surface area (Å²) >= 11 is 0. The zero-order valence-electron chi connectivity index (χ0n) is 12.2. The minimum Gasteiger partial charge on any atom is -0.444 e. The molecule has 1 fully saturated rings. The highest BCUT2D eigenvalue weighted by Gasteiger charge is 2.32. The first-order valence-electron chi connectivity index (χ1n) is 7.05. The van der Waals surface area contributed by atoms with Crippen LogP contribution in [0.3, 0.4) is 0 Å². The number of nitrogens with zero attached hydrogens (tertiary/aromatic N) is 1. The highest BCUT2D eigenvalue weighted by Crippen LogP contribution is 2.27. The van der Waals surface area contributed by atoms with Gasteiger partial charge < -0.3 is 15.4 Å². The van der Waals surface area contributed by atoms with Crippen molar-refractivity contribution in [1.82, 2.24) is 4.90 Å². The molecule has 2 unspecified atom stereocenters. The topological polar surface area (TPSA) is 55.6 Å². The quantitative estimate of drug-likeness (QED) is 0.844. The standard InChI is InChI=1S/C14H28N2O2/c1-5-6-12-10-16(8-7-11(12)9-15)13(17)18-14(2,3)4/h11-12H,5-10,15H2,1-4H3. The Morgan fingerprint density at radius 3 is 2.56 bits per heavy atom. The molecule has 1 amide bonds. The fraction of sp³-hybridized carbons (Fsp3) is 0.929. The second-order valence-electron chi connectivity index (χ2n) is 6.26. The number of carbonyl (C=O) groups excluding carboxylic acids is 1. The molecule has 1 rings (SSSR count). The molecule has 0 radical (unpaired) electrons. The maximum absolute atomic E-state index is 12.0. The van der Waals surface area contributed by atoms with Crippen molar-refractivity contribution in [3.8, 4) is 0 Å². The highest BCUT2D eigenvalue weighted by molar-refractivity contribution is 5.68. The molecule has 1 aliphatic rings. The van der Waals surface area contributed by atoms with Crippen molar-refractivity contribution in [2.45, 2.75) is 52.6 Å². The Balaban J connectivity index is 2.56. The van der Waals surface area contributed by atoms with E-state index in [4.69, 9.17) is 10.5 Å². The van der Waals surface area contributed by atoms with Crippen LogP contribution in [0.1, 0.15) is 47.0 Å². The number of nitrogens with two attached hydrogens (primary N) is 1. The summed E-state index contributed by atoms with van der Waals surface area (Å²) in [5.41, 5.74) is 5.40. The number of ether oxygens (including phenoxy) is 1. The fourth-order valence-electron chi connectivity index (χ4n) is 2.58. The minimum atomic E-state index is -0.415. The van der Waals surface area contributed by atoms with Gasteiger partial charge in [0.05, 0.1) is 0 Å². The molecule has 0 aromatic rings. The molecule has 4 nitrogen and oxygen atoms in total. The predicted octanol–water partition coefficient (Wildman–Crippen LogP) is 2.62. The third-order valence-corrected chi connectivity index (χ3v) is 3.51. The van der Waals surface area contributed by atoms with E-state index in [-0.39, 0.29) is 6.09 Å². The molecule has 0 aromatic heterocycles. The Bertz CT molecular complexity index is 273. The van der Waals surface area contributed by atoms with Gasteiger partial charge in [0.25, 0.3) is 0 Å². The SMILES string of the molecule is CCCC1CN(C(=O)OC(C)(C)C)CCC1CN. The third kappa shape index (κ3) is 4.48. The Morgan fingerprint density at radius 2 is 2.06 bits per heavy atom. The first-order valence-corrected chi connectivity index (χ1v) is 7.05. The molecule has 1 aliphatic heterocycles. The fourth-order valence-corrected chi connectivity index (χ4v) is 2.58. The summed E-state index contributed by atoms with van der Waals surface area (Å²) in [5.74, 6) is 1.09. The van der Waals surface area contributed by atoms with Crippen LogP contribution < -0.4 is 5.73 Å². The van der Waals surface area contributed by atoms with E-state index in [9.17, 15) is 4.79 Å². The first-order chi connectivity index (χ1) is 8.37. The smallest absolute Gasteiger partial charge is 0.410 e. The summed E-state index contributed by atoms with van der Waals surface area (Å²) in [7, 11) is 0. The number of carbonyl (C=O) groups is 1. The van der Waals surface area contributed by atoms with Crippen molar-refractivity contribution < 1.29 is 9.53 Å². The van der Waals surface area contributed by atoms with E-state index < -0.39 is 5.60 Å². The Kier molecular flexibility index (Phi) is 5.45. The molecule has 4 heteroatoms. The van der Waals surface area contributed by atoms with Crippen molar-refractivity contribution in [3.05, 3.63) is 0 Å². The summed E-state index contributed by atoms with van der Waals surface area (Å²) in [5, 5.41) is 0. The van der Waals surface area contributed by atoms with Crippen molar-refractivity contribution in [2.24, 2.45) is 17.6 Å². The average molecular weight is 256 g/mol. The summed E-state index contributed by atoms with van der Waals surface area (Å²) in [6.07, 6.45) is 3.10. The van der Waals surface area contributed by atoms with E-state index in [0.29, 0.717) is 11.8 Å². The highest BCUT2D eigenvalue weighted by atomic mass is 16.6. The van der Waals surface area contributed by atoms with E-state index in [1.54, 1.807) is 0 Å². The normalized spacial score (nSPS) is 25.1. The lowest BCUT2D eigenvalue weighted by atomic mass is 9.83. The largest absolute Gasteiger partial charge is 0.444 e. The van der Waals surface area contributed by atoms with Crippen LogP contribution in [0.5, 0.6) is 0 Å². The third-order valence-electron chi connectivity index (χ3n) is 3.51. The number of hydrogen-bond acceptors (Lipinski definition) is 3. The van der Waals surface area contributed by atoms with E-state index in [2.05, 4.69) is 6.92 Å². The van der Waals surface area contributed by atoms with Gasteiger partial charge in [0.2, 0.25) is 0 Å². The van der Waals surface area contributed by atoms with Gasteiger partial charge in [0.1, 0.15) is 5.60 Å². The van der Waals surface area contributed by atoms with Gasteiger partial charge >= 0.3 is 6.09 Å². The molecule has 1 saturated heterocycles. The molecule has 0 aliphatic carbocycles. The molecular formula is C14H28N2O2. The lowest BCUT2D eigenvalue weighted by Crippen LogP contribution is -2.47. The lowest BCUT2D eigenvalue weighted by molar-refractivity contribution is 0.00994. The minimum absolute atomic E-state index is 0.181. The van der Waals surface area contributed by atoms with Crippen LogP contribution in [0.2, 0.25) is 0 Å². The second-order valence-corrected chi connectivity index (χ2v) is 6.26. The summed E-state index contributed by atoms with van der Waals surface area (Å²) in [6.45, 7) is 10.2. The van der Waals surface area contributed by atoms with E-state index >= 15 is 0 Å². The van der Waals surface area contributed by atoms with Gasteiger partial charge in [-0.05, 0) is 52.0 Å². The number of piperidine rings is 1. The van der Waals surface area contributed by atoms with Crippen LogP contribution in [0.25, 0.3) is 0 Å². The van der Waals surface area contributed by atoms with Gasteiger partial charge in [-0.3, -0.25) is 0 Å². The van der Waals surface area contributed by atoms with Crippen molar-refractivity contribution >= 4 is 6.09 Å². The monoisotopic (exact) mass is 256 g/mol.